The Morgan fingerprint density at radius 1 is 1.35 bits per heavy atom. The molecule has 3 rings (SSSR count). The van der Waals surface area contributed by atoms with E-state index in [0.717, 1.165) is 29.9 Å². The number of nitrogens with zero attached hydrogens (tertiary/aromatic N) is 1. The van der Waals surface area contributed by atoms with Gasteiger partial charge in [0.2, 0.25) is 0 Å². The van der Waals surface area contributed by atoms with Crippen LogP contribution in [0, 0.1) is 11.8 Å². The summed E-state index contributed by atoms with van der Waals surface area (Å²) >= 11 is 0. The van der Waals surface area contributed by atoms with E-state index in [1.807, 2.05) is 13.1 Å². The summed E-state index contributed by atoms with van der Waals surface area (Å²) in [6, 6.07) is 2.61. The molecule has 0 spiro atoms. The van der Waals surface area contributed by atoms with Crippen LogP contribution in [0.25, 0.3) is 0 Å². The lowest BCUT2D eigenvalue weighted by Gasteiger charge is -2.22. The van der Waals surface area contributed by atoms with Gasteiger partial charge in [-0.2, -0.15) is 0 Å². The van der Waals surface area contributed by atoms with E-state index in [-0.39, 0.29) is 0 Å². The van der Waals surface area contributed by atoms with Gasteiger partial charge in [0.25, 0.3) is 0 Å². The van der Waals surface area contributed by atoms with Crippen molar-refractivity contribution in [3.8, 4) is 0 Å². The minimum atomic E-state index is 0.633. The molecule has 1 aromatic rings. The van der Waals surface area contributed by atoms with E-state index in [9.17, 15) is 0 Å². The molecule has 0 amide bonds. The van der Waals surface area contributed by atoms with E-state index in [1.54, 1.807) is 12.5 Å². The second-order valence-electron chi connectivity index (χ2n) is 6.11. The molecule has 1 aromatic heterocycles. The quantitative estimate of drug-likeness (QED) is 0.656. The van der Waals surface area contributed by atoms with Crippen LogP contribution in [0.4, 0.5) is 0 Å². The van der Waals surface area contributed by atoms with E-state index in [0.29, 0.717) is 6.04 Å². The van der Waals surface area contributed by atoms with E-state index in [2.05, 4.69) is 15.6 Å². The van der Waals surface area contributed by atoms with Crippen LogP contribution < -0.4 is 10.6 Å². The van der Waals surface area contributed by atoms with Crippen LogP contribution in [0.5, 0.6) is 0 Å². The molecule has 20 heavy (non-hydrogen) atoms. The predicted octanol–water partition coefficient (Wildman–Crippen LogP) is 2.91. The standard InChI is InChI=1S/C16H25N3O/c1-17-16(18-10-12-7-8-20-11-12)19-15-9-14(15)13-5-3-2-4-6-13/h7-8,11,13-15H,2-6,9-10H2,1H3,(H2,17,18,19). The van der Waals surface area contributed by atoms with Gasteiger partial charge in [0.05, 0.1) is 12.5 Å². The second kappa shape index (κ2) is 6.33. The van der Waals surface area contributed by atoms with Crippen LogP contribution in [-0.4, -0.2) is 19.0 Å². The van der Waals surface area contributed by atoms with Crippen molar-refractivity contribution >= 4 is 5.96 Å². The summed E-state index contributed by atoms with van der Waals surface area (Å²) in [6.45, 7) is 0.761. The van der Waals surface area contributed by atoms with Crippen LogP contribution in [0.1, 0.15) is 44.1 Å². The molecule has 2 unspecified atom stereocenters. The topological polar surface area (TPSA) is 49.6 Å². The smallest absolute Gasteiger partial charge is 0.191 e. The minimum absolute atomic E-state index is 0.633. The minimum Gasteiger partial charge on any atom is -0.472 e. The molecule has 2 aliphatic carbocycles. The van der Waals surface area contributed by atoms with Crippen molar-refractivity contribution in [1.29, 1.82) is 0 Å². The summed E-state index contributed by atoms with van der Waals surface area (Å²) in [5.41, 5.74) is 1.15. The summed E-state index contributed by atoms with van der Waals surface area (Å²) in [5, 5.41) is 6.90. The highest BCUT2D eigenvalue weighted by Crippen LogP contribution is 2.44. The fraction of sp³-hybridized carbons (Fsp3) is 0.688. The predicted molar refractivity (Wildman–Crippen MR) is 80.5 cm³/mol. The molecule has 0 bridgehead atoms. The lowest BCUT2D eigenvalue weighted by atomic mass is 9.85. The van der Waals surface area contributed by atoms with Gasteiger partial charge in [-0.25, -0.2) is 0 Å². The van der Waals surface area contributed by atoms with Crippen LogP contribution in [0.15, 0.2) is 28.0 Å². The molecule has 0 aliphatic heterocycles. The van der Waals surface area contributed by atoms with Crippen LogP contribution in [-0.2, 0) is 6.54 Å². The van der Waals surface area contributed by atoms with Gasteiger partial charge in [0.15, 0.2) is 5.96 Å². The van der Waals surface area contributed by atoms with Crippen molar-refractivity contribution in [3.05, 3.63) is 24.2 Å². The van der Waals surface area contributed by atoms with Crippen LogP contribution >= 0.6 is 0 Å². The highest BCUT2D eigenvalue weighted by Gasteiger charge is 2.43. The molecule has 2 aliphatic rings. The second-order valence-corrected chi connectivity index (χ2v) is 6.11. The third kappa shape index (κ3) is 3.35. The SMILES string of the molecule is CN=C(NCc1ccoc1)NC1CC1C1CCCCC1. The number of rotatable bonds is 4. The first-order valence-electron chi connectivity index (χ1n) is 7.85. The van der Waals surface area contributed by atoms with Gasteiger partial charge < -0.3 is 15.1 Å². The number of aliphatic imine (C=N–C) groups is 1. The maximum atomic E-state index is 5.07. The average Bonchev–Trinajstić information content (AvgIpc) is 3.06. The summed E-state index contributed by atoms with van der Waals surface area (Å²) in [6.07, 6.45) is 12.0. The highest BCUT2D eigenvalue weighted by molar-refractivity contribution is 5.80. The maximum absolute atomic E-state index is 5.07. The monoisotopic (exact) mass is 275 g/mol. The molecule has 0 radical (unpaired) electrons. The van der Waals surface area contributed by atoms with Gasteiger partial charge in [-0.15, -0.1) is 0 Å². The Hall–Kier alpha value is -1.45. The van der Waals surface area contributed by atoms with Gasteiger partial charge in [-0.3, -0.25) is 4.99 Å². The molecular weight excluding hydrogens is 250 g/mol. The van der Waals surface area contributed by atoms with Crippen molar-refractivity contribution in [2.24, 2.45) is 16.8 Å². The average molecular weight is 275 g/mol. The van der Waals surface area contributed by atoms with E-state index in [1.165, 1.54) is 38.5 Å². The van der Waals surface area contributed by atoms with Crippen molar-refractivity contribution in [2.75, 3.05) is 7.05 Å². The van der Waals surface area contributed by atoms with E-state index >= 15 is 0 Å². The summed E-state index contributed by atoms with van der Waals surface area (Å²) in [4.78, 5) is 4.31. The Labute approximate surface area is 121 Å². The fourth-order valence-corrected chi connectivity index (χ4v) is 3.41. The molecule has 110 valence electrons. The lowest BCUT2D eigenvalue weighted by Crippen LogP contribution is -2.39. The first kappa shape index (κ1) is 13.5. The molecule has 0 aromatic carbocycles. The van der Waals surface area contributed by atoms with Crippen molar-refractivity contribution in [1.82, 2.24) is 10.6 Å². The van der Waals surface area contributed by atoms with Gasteiger partial charge in [-0.05, 0) is 24.3 Å². The Morgan fingerprint density at radius 2 is 2.20 bits per heavy atom. The lowest BCUT2D eigenvalue weighted by molar-refractivity contribution is 0.315. The molecule has 2 saturated carbocycles. The van der Waals surface area contributed by atoms with Crippen LogP contribution in [0.3, 0.4) is 0 Å². The maximum Gasteiger partial charge on any atom is 0.191 e. The molecule has 4 nitrogen and oxygen atoms in total. The Kier molecular flexibility index (Phi) is 4.28. The number of guanidine groups is 1. The molecule has 0 saturated heterocycles. The van der Waals surface area contributed by atoms with Crippen molar-refractivity contribution in [2.45, 2.75) is 51.1 Å². The van der Waals surface area contributed by atoms with E-state index in [4.69, 9.17) is 4.42 Å². The zero-order chi connectivity index (χ0) is 13.8. The number of furan rings is 1. The molecule has 2 N–H and O–H groups in total. The molecular formula is C16H25N3O. The molecule has 4 heteroatoms. The third-order valence-electron chi connectivity index (χ3n) is 4.68. The van der Waals surface area contributed by atoms with Gasteiger partial charge in [0.1, 0.15) is 0 Å². The number of hydrogen-bond acceptors (Lipinski definition) is 2. The molecule has 1 heterocycles. The fourth-order valence-electron chi connectivity index (χ4n) is 3.41. The number of hydrogen-bond donors (Lipinski definition) is 2. The summed E-state index contributed by atoms with van der Waals surface area (Å²) in [7, 11) is 1.84. The largest absolute Gasteiger partial charge is 0.472 e. The van der Waals surface area contributed by atoms with Gasteiger partial charge in [-0.1, -0.05) is 32.1 Å². The highest BCUT2D eigenvalue weighted by atomic mass is 16.3. The van der Waals surface area contributed by atoms with Crippen molar-refractivity contribution in [3.63, 3.8) is 0 Å². The molecule has 2 atom stereocenters. The zero-order valence-corrected chi connectivity index (χ0v) is 12.3. The normalized spacial score (nSPS) is 27.4. The van der Waals surface area contributed by atoms with Gasteiger partial charge in [0, 0.05) is 25.2 Å². The Morgan fingerprint density at radius 3 is 2.90 bits per heavy atom. The third-order valence-corrected chi connectivity index (χ3v) is 4.68. The molecule has 2 fully saturated rings. The zero-order valence-electron chi connectivity index (χ0n) is 12.3. The van der Waals surface area contributed by atoms with Crippen molar-refractivity contribution < 1.29 is 4.42 Å². The van der Waals surface area contributed by atoms with E-state index < -0.39 is 0 Å². The summed E-state index contributed by atoms with van der Waals surface area (Å²) in [5.74, 6) is 2.74. The Balaban J connectivity index is 1.42. The first-order valence-corrected chi connectivity index (χ1v) is 7.85. The Bertz CT molecular complexity index is 435. The number of nitrogens with one attached hydrogen (secondary N) is 2. The van der Waals surface area contributed by atoms with Gasteiger partial charge >= 0.3 is 0 Å². The van der Waals surface area contributed by atoms with Crippen LogP contribution in [0.2, 0.25) is 0 Å². The summed E-state index contributed by atoms with van der Waals surface area (Å²) < 4.78 is 5.07. The first-order chi connectivity index (χ1) is 9.86.